The van der Waals surface area contributed by atoms with E-state index in [0.29, 0.717) is 29.3 Å². The first-order valence-electron chi connectivity index (χ1n) is 8.14. The molecule has 1 saturated heterocycles. The average molecular weight is 323 g/mol. The lowest BCUT2D eigenvalue weighted by atomic mass is 9.90. The normalized spacial score (nSPS) is 25.5. The standard InChI is InChI=1S/C17H23ClN2O2/c18-13-5-1-2-6-14(13)19-17(21)9-10-20-11-12-22-16-8-4-3-7-15(16)20/h1-2,5-6,15-16H,3-4,7-12H2,(H,19,21)/t15-,16-/m1/s1. The van der Waals surface area contributed by atoms with Gasteiger partial charge in [0.25, 0.3) is 0 Å². The second-order valence-corrected chi connectivity index (χ2v) is 6.48. The number of nitrogens with zero attached hydrogens (tertiary/aromatic N) is 1. The predicted octanol–water partition coefficient (Wildman–Crippen LogP) is 3.31. The molecule has 0 radical (unpaired) electrons. The second kappa shape index (κ2) is 7.44. The Morgan fingerprint density at radius 2 is 2.14 bits per heavy atom. The molecule has 1 heterocycles. The van der Waals surface area contributed by atoms with E-state index in [1.807, 2.05) is 18.2 Å². The van der Waals surface area contributed by atoms with Gasteiger partial charge >= 0.3 is 0 Å². The molecule has 2 fully saturated rings. The predicted molar refractivity (Wildman–Crippen MR) is 88.3 cm³/mol. The van der Waals surface area contributed by atoms with Crippen LogP contribution in [0.3, 0.4) is 0 Å². The summed E-state index contributed by atoms with van der Waals surface area (Å²) in [4.78, 5) is 14.6. The molecule has 120 valence electrons. The van der Waals surface area contributed by atoms with Crippen LogP contribution in [0.2, 0.25) is 5.02 Å². The van der Waals surface area contributed by atoms with Crippen LogP contribution >= 0.6 is 11.6 Å². The van der Waals surface area contributed by atoms with Crippen molar-refractivity contribution >= 4 is 23.2 Å². The third-order valence-electron chi connectivity index (χ3n) is 4.62. The topological polar surface area (TPSA) is 41.6 Å². The molecule has 1 aromatic rings. The molecule has 3 rings (SSSR count). The van der Waals surface area contributed by atoms with Crippen LogP contribution in [0.4, 0.5) is 5.69 Å². The Hall–Kier alpha value is -1.10. The third-order valence-corrected chi connectivity index (χ3v) is 4.95. The third kappa shape index (κ3) is 3.80. The minimum atomic E-state index is 0.0203. The van der Waals surface area contributed by atoms with Crippen molar-refractivity contribution in [2.75, 3.05) is 25.0 Å². The molecule has 22 heavy (non-hydrogen) atoms. The lowest BCUT2D eigenvalue weighted by Gasteiger charge is -2.43. The van der Waals surface area contributed by atoms with Gasteiger partial charge in [0.05, 0.1) is 23.4 Å². The number of nitrogens with one attached hydrogen (secondary N) is 1. The molecule has 1 saturated carbocycles. The Labute approximate surface area is 136 Å². The van der Waals surface area contributed by atoms with E-state index in [-0.39, 0.29) is 5.91 Å². The van der Waals surface area contributed by atoms with Gasteiger partial charge in [-0.25, -0.2) is 0 Å². The van der Waals surface area contributed by atoms with Crippen LogP contribution in [0.5, 0.6) is 0 Å². The quantitative estimate of drug-likeness (QED) is 0.924. The van der Waals surface area contributed by atoms with Crippen molar-refractivity contribution in [3.8, 4) is 0 Å². The SMILES string of the molecule is O=C(CCN1CCO[C@@H]2CCCC[C@H]21)Nc1ccccc1Cl. The molecule has 1 aliphatic carbocycles. The molecule has 0 spiro atoms. The monoisotopic (exact) mass is 322 g/mol. The van der Waals surface area contributed by atoms with Gasteiger partial charge in [-0.3, -0.25) is 9.69 Å². The van der Waals surface area contributed by atoms with E-state index in [9.17, 15) is 4.79 Å². The fraction of sp³-hybridized carbons (Fsp3) is 0.588. The fourth-order valence-electron chi connectivity index (χ4n) is 3.47. The highest BCUT2D eigenvalue weighted by atomic mass is 35.5. The number of carbonyl (C=O) groups excluding carboxylic acids is 1. The number of amides is 1. The van der Waals surface area contributed by atoms with Crippen LogP contribution in [-0.2, 0) is 9.53 Å². The summed E-state index contributed by atoms with van der Waals surface area (Å²) < 4.78 is 5.87. The molecule has 0 unspecified atom stereocenters. The summed E-state index contributed by atoms with van der Waals surface area (Å²) in [5, 5.41) is 3.47. The van der Waals surface area contributed by atoms with E-state index >= 15 is 0 Å². The maximum Gasteiger partial charge on any atom is 0.225 e. The van der Waals surface area contributed by atoms with Gasteiger partial charge in [-0.15, -0.1) is 0 Å². The molecule has 2 aliphatic rings. The summed E-state index contributed by atoms with van der Waals surface area (Å²) in [5.41, 5.74) is 0.687. The highest BCUT2D eigenvalue weighted by Crippen LogP contribution is 2.28. The van der Waals surface area contributed by atoms with E-state index in [4.69, 9.17) is 16.3 Å². The van der Waals surface area contributed by atoms with Gasteiger partial charge in [0.2, 0.25) is 5.91 Å². The van der Waals surface area contributed by atoms with E-state index in [0.717, 1.165) is 26.1 Å². The number of para-hydroxylation sites is 1. The molecule has 1 N–H and O–H groups in total. The van der Waals surface area contributed by atoms with Gasteiger partial charge in [-0.2, -0.15) is 0 Å². The number of fused-ring (bicyclic) bond motifs is 1. The minimum absolute atomic E-state index is 0.0203. The van der Waals surface area contributed by atoms with Crippen LogP contribution in [-0.4, -0.2) is 42.6 Å². The van der Waals surface area contributed by atoms with Crippen molar-refractivity contribution in [2.24, 2.45) is 0 Å². The number of anilines is 1. The molecule has 0 aromatic heterocycles. The van der Waals surface area contributed by atoms with Crippen LogP contribution in [0.15, 0.2) is 24.3 Å². The second-order valence-electron chi connectivity index (χ2n) is 6.08. The number of morpholine rings is 1. The Morgan fingerprint density at radius 3 is 3.00 bits per heavy atom. The van der Waals surface area contributed by atoms with Gasteiger partial charge in [0.1, 0.15) is 0 Å². The first kappa shape index (κ1) is 15.8. The van der Waals surface area contributed by atoms with Gasteiger partial charge in [0.15, 0.2) is 0 Å². The Kier molecular flexibility index (Phi) is 5.34. The lowest BCUT2D eigenvalue weighted by molar-refractivity contribution is -0.118. The number of hydrogen-bond acceptors (Lipinski definition) is 3. The summed E-state index contributed by atoms with van der Waals surface area (Å²) in [6.45, 7) is 2.51. The smallest absolute Gasteiger partial charge is 0.225 e. The Balaban J connectivity index is 1.51. The summed E-state index contributed by atoms with van der Waals surface area (Å²) in [6, 6.07) is 7.83. The zero-order valence-corrected chi connectivity index (χ0v) is 13.5. The number of carbonyl (C=O) groups is 1. The first-order chi connectivity index (χ1) is 10.7. The molecule has 1 aliphatic heterocycles. The van der Waals surface area contributed by atoms with Crippen molar-refractivity contribution in [2.45, 2.75) is 44.2 Å². The van der Waals surface area contributed by atoms with Gasteiger partial charge in [-0.05, 0) is 25.0 Å². The van der Waals surface area contributed by atoms with Crippen LogP contribution < -0.4 is 5.32 Å². The maximum atomic E-state index is 12.1. The highest BCUT2D eigenvalue weighted by Gasteiger charge is 2.33. The van der Waals surface area contributed by atoms with Gasteiger partial charge in [0, 0.05) is 25.6 Å². The largest absolute Gasteiger partial charge is 0.375 e. The minimum Gasteiger partial charge on any atom is -0.375 e. The number of halogens is 1. The zero-order chi connectivity index (χ0) is 15.4. The Bertz CT molecular complexity index is 521. The first-order valence-corrected chi connectivity index (χ1v) is 8.52. The molecule has 0 bridgehead atoms. The van der Waals surface area contributed by atoms with Crippen molar-refractivity contribution in [3.63, 3.8) is 0 Å². The van der Waals surface area contributed by atoms with E-state index < -0.39 is 0 Å². The van der Waals surface area contributed by atoms with Crippen molar-refractivity contribution < 1.29 is 9.53 Å². The van der Waals surface area contributed by atoms with Crippen molar-refractivity contribution in [3.05, 3.63) is 29.3 Å². The number of benzene rings is 1. The lowest BCUT2D eigenvalue weighted by Crippen LogP contribution is -2.53. The van der Waals surface area contributed by atoms with Crippen molar-refractivity contribution in [1.29, 1.82) is 0 Å². The average Bonchev–Trinajstić information content (AvgIpc) is 2.55. The van der Waals surface area contributed by atoms with Crippen LogP contribution in [0.1, 0.15) is 32.1 Å². The fourth-order valence-corrected chi connectivity index (χ4v) is 3.66. The van der Waals surface area contributed by atoms with E-state index in [1.54, 1.807) is 6.07 Å². The van der Waals surface area contributed by atoms with Crippen LogP contribution in [0, 0.1) is 0 Å². The summed E-state index contributed by atoms with van der Waals surface area (Å²) in [6.07, 6.45) is 5.75. The van der Waals surface area contributed by atoms with Crippen molar-refractivity contribution in [1.82, 2.24) is 4.90 Å². The maximum absolute atomic E-state index is 12.1. The molecular weight excluding hydrogens is 300 g/mol. The summed E-state index contributed by atoms with van der Waals surface area (Å²) in [7, 11) is 0. The number of hydrogen-bond donors (Lipinski definition) is 1. The summed E-state index contributed by atoms with van der Waals surface area (Å²) in [5.74, 6) is 0.0203. The molecule has 1 amide bonds. The highest BCUT2D eigenvalue weighted by molar-refractivity contribution is 6.33. The molecule has 5 heteroatoms. The van der Waals surface area contributed by atoms with Gasteiger partial charge < -0.3 is 10.1 Å². The number of rotatable bonds is 4. The van der Waals surface area contributed by atoms with E-state index in [2.05, 4.69) is 10.2 Å². The molecule has 2 atom stereocenters. The molecular formula is C17H23ClN2O2. The molecule has 1 aromatic carbocycles. The number of ether oxygens (including phenoxy) is 1. The van der Waals surface area contributed by atoms with Crippen LogP contribution in [0.25, 0.3) is 0 Å². The molecule has 4 nitrogen and oxygen atoms in total. The Morgan fingerprint density at radius 1 is 1.32 bits per heavy atom. The summed E-state index contributed by atoms with van der Waals surface area (Å²) >= 11 is 6.07. The zero-order valence-electron chi connectivity index (χ0n) is 12.8. The van der Waals surface area contributed by atoms with E-state index in [1.165, 1.54) is 19.3 Å². The van der Waals surface area contributed by atoms with Gasteiger partial charge in [-0.1, -0.05) is 36.6 Å².